The third kappa shape index (κ3) is 14.6. The van der Waals surface area contributed by atoms with Crippen LogP contribution in [0.15, 0.2) is 29.0 Å². The number of aromatic nitrogens is 1. The van der Waals surface area contributed by atoms with E-state index < -0.39 is 12.1 Å². The van der Waals surface area contributed by atoms with Crippen molar-refractivity contribution in [2.75, 3.05) is 84.1 Å². The van der Waals surface area contributed by atoms with E-state index >= 15 is 0 Å². The van der Waals surface area contributed by atoms with Gasteiger partial charge >= 0.3 is 12.1 Å². The number of likely N-dealkylation sites (tertiary alicyclic amines) is 1. The number of aromatic hydroxyl groups is 1. The van der Waals surface area contributed by atoms with E-state index in [2.05, 4.69) is 50.7 Å². The first kappa shape index (κ1) is 51.1. The number of carboxylic acids is 1. The number of carbonyl (C=O) groups is 4. The first-order chi connectivity index (χ1) is 31.6. The van der Waals surface area contributed by atoms with Crippen molar-refractivity contribution in [3.8, 4) is 11.5 Å². The van der Waals surface area contributed by atoms with Gasteiger partial charge < -0.3 is 49.8 Å². The lowest BCUT2D eigenvalue weighted by atomic mass is 9.89. The molecule has 364 valence electrons. The van der Waals surface area contributed by atoms with Crippen LogP contribution in [0.2, 0.25) is 0 Å². The van der Waals surface area contributed by atoms with Crippen molar-refractivity contribution in [3.63, 3.8) is 0 Å². The Morgan fingerprint density at radius 2 is 1.80 bits per heavy atom. The molecule has 1 aromatic carbocycles. The van der Waals surface area contributed by atoms with Gasteiger partial charge in [0.1, 0.15) is 17.1 Å². The van der Waals surface area contributed by atoms with Gasteiger partial charge in [-0.15, -0.1) is 22.7 Å². The standard InChI is InChI=1S/C44H62N6O7S2.C2HF3O2/c1-31(2)42-46-36(29-59-42)43(54)49-22-25-57-44(30-49)14-19-48(20-15-44)18-11-35-26-32(28-58-35)12-23-55-24-13-39(53)50(34-6-4-3-5-7-34)21-17-45-16-10-33-8-9-37(51)40-41(33)56-27-38(52)47-40;3-2(4,5)1(6)7/h8-9,26,28-29,31,34,45,51H,3-7,10-25,27,30H2,1-2H3,(H,47,52);(H,6,7). The number of piperidine rings is 1. The molecule has 20 heteroatoms. The third-order valence-corrected chi connectivity index (χ3v) is 14.6. The van der Waals surface area contributed by atoms with Crippen molar-refractivity contribution in [3.05, 3.63) is 55.7 Å². The van der Waals surface area contributed by atoms with Crippen LogP contribution in [0.5, 0.6) is 11.5 Å². The molecule has 4 N–H and O–H groups in total. The SMILES string of the molecule is CC(C)c1nc(C(=O)N2CCOC3(CCN(CCc4cc(CCOCCC(=O)N(CCNCCc5ccc(O)c6c5OCC(=O)N6)C5CCCCC5)cs4)CC3)C2)cs1.O=C(O)C(F)(F)F. The fourth-order valence-corrected chi connectivity index (χ4v) is 10.5. The molecule has 5 heterocycles. The van der Waals surface area contributed by atoms with Crippen LogP contribution in [0.4, 0.5) is 18.9 Å². The molecule has 4 aliphatic rings. The highest BCUT2D eigenvalue weighted by atomic mass is 32.1. The number of nitrogens with one attached hydrogen (secondary N) is 2. The number of benzene rings is 1. The van der Waals surface area contributed by atoms with Crippen molar-refractivity contribution in [2.24, 2.45) is 0 Å². The second-order valence-corrected chi connectivity index (χ2v) is 19.5. The van der Waals surface area contributed by atoms with Crippen LogP contribution in [0, 0.1) is 0 Å². The van der Waals surface area contributed by atoms with E-state index in [0.29, 0.717) is 88.4 Å². The number of amides is 3. The largest absolute Gasteiger partial charge is 0.506 e. The minimum absolute atomic E-state index is 0.00190. The van der Waals surface area contributed by atoms with Gasteiger partial charge in [0.25, 0.3) is 11.8 Å². The normalized spacial score (nSPS) is 17.7. The summed E-state index contributed by atoms with van der Waals surface area (Å²) in [6.45, 7) is 12.0. The molecule has 15 nitrogen and oxygen atoms in total. The summed E-state index contributed by atoms with van der Waals surface area (Å²) in [5.74, 6) is -2.00. The van der Waals surface area contributed by atoms with E-state index in [4.69, 9.17) is 24.1 Å². The van der Waals surface area contributed by atoms with Gasteiger partial charge in [-0.3, -0.25) is 14.4 Å². The number of alkyl halides is 3. The van der Waals surface area contributed by atoms with E-state index in [9.17, 15) is 32.7 Å². The van der Waals surface area contributed by atoms with Crippen molar-refractivity contribution in [1.82, 2.24) is 25.0 Å². The predicted molar refractivity (Wildman–Crippen MR) is 245 cm³/mol. The van der Waals surface area contributed by atoms with Gasteiger partial charge in [0.05, 0.1) is 43.4 Å². The zero-order chi connectivity index (χ0) is 47.3. The highest BCUT2D eigenvalue weighted by Crippen LogP contribution is 2.39. The molecule has 1 saturated carbocycles. The van der Waals surface area contributed by atoms with Crippen molar-refractivity contribution in [1.29, 1.82) is 0 Å². The third-order valence-electron chi connectivity index (χ3n) is 12.4. The number of nitrogens with zero attached hydrogens (tertiary/aromatic N) is 4. The van der Waals surface area contributed by atoms with Gasteiger partial charge in [-0.1, -0.05) is 39.2 Å². The molecule has 2 saturated heterocycles. The average molecular weight is 965 g/mol. The van der Waals surface area contributed by atoms with Crippen LogP contribution in [0.1, 0.15) is 103 Å². The number of carbonyl (C=O) groups excluding carboxylic acids is 3. The maximum absolute atomic E-state index is 13.5. The number of ether oxygens (including phenoxy) is 3. The summed E-state index contributed by atoms with van der Waals surface area (Å²) in [7, 11) is 0. The second kappa shape index (κ2) is 24.1. The molecule has 0 unspecified atom stereocenters. The molecule has 1 spiro atoms. The number of phenols is 1. The number of fused-ring (bicyclic) bond motifs is 1. The summed E-state index contributed by atoms with van der Waals surface area (Å²) in [6.07, 6.45) is 5.34. The number of halogens is 3. The van der Waals surface area contributed by atoms with E-state index in [0.717, 1.165) is 81.6 Å². The molecule has 2 aromatic heterocycles. The Bertz CT molecular complexity index is 2090. The summed E-state index contributed by atoms with van der Waals surface area (Å²) >= 11 is 3.39. The van der Waals surface area contributed by atoms with Crippen LogP contribution < -0.4 is 15.4 Å². The first-order valence-corrected chi connectivity index (χ1v) is 24.7. The highest BCUT2D eigenvalue weighted by molar-refractivity contribution is 7.10. The van der Waals surface area contributed by atoms with E-state index in [-0.39, 0.29) is 41.7 Å². The smallest absolute Gasteiger partial charge is 0.490 e. The van der Waals surface area contributed by atoms with Crippen LogP contribution in [0.3, 0.4) is 0 Å². The van der Waals surface area contributed by atoms with Crippen molar-refractivity contribution < 1.29 is 56.8 Å². The zero-order valence-corrected chi connectivity index (χ0v) is 39.4. The first-order valence-electron chi connectivity index (χ1n) is 22.9. The Labute approximate surface area is 392 Å². The average Bonchev–Trinajstić information content (AvgIpc) is 3.99. The lowest BCUT2D eigenvalue weighted by molar-refractivity contribution is -0.192. The second-order valence-electron chi connectivity index (χ2n) is 17.6. The van der Waals surface area contributed by atoms with Crippen LogP contribution in [-0.4, -0.2) is 150 Å². The number of morpholine rings is 1. The zero-order valence-electron chi connectivity index (χ0n) is 37.8. The monoisotopic (exact) mass is 964 g/mol. The van der Waals surface area contributed by atoms with Gasteiger partial charge in [0.2, 0.25) is 5.91 Å². The molecule has 3 amide bonds. The van der Waals surface area contributed by atoms with Crippen LogP contribution in [-0.2, 0) is 43.1 Å². The van der Waals surface area contributed by atoms with E-state index in [1.54, 1.807) is 17.4 Å². The summed E-state index contributed by atoms with van der Waals surface area (Å²) in [6, 6.07) is 6.00. The minimum Gasteiger partial charge on any atom is -0.506 e. The minimum atomic E-state index is -5.08. The molecule has 3 aliphatic heterocycles. The molecule has 0 atom stereocenters. The number of phenolic OH excluding ortho intramolecular Hbond substituents is 1. The number of hydrogen-bond acceptors (Lipinski definition) is 13. The molecule has 0 radical (unpaired) electrons. The highest BCUT2D eigenvalue weighted by Gasteiger charge is 2.41. The molecule has 66 heavy (non-hydrogen) atoms. The van der Waals surface area contributed by atoms with Crippen molar-refractivity contribution >= 4 is 52.1 Å². The lowest BCUT2D eigenvalue weighted by Gasteiger charge is -2.47. The number of thiophene rings is 1. The molecular weight excluding hydrogens is 902 g/mol. The number of aliphatic carboxylic acids is 1. The molecule has 3 fully saturated rings. The molecular formula is C46H63F3N6O9S2. The van der Waals surface area contributed by atoms with Gasteiger partial charge in [0.15, 0.2) is 12.4 Å². The van der Waals surface area contributed by atoms with E-state index in [1.165, 1.54) is 16.9 Å². The van der Waals surface area contributed by atoms with Gasteiger partial charge in [0, 0.05) is 61.5 Å². The maximum atomic E-state index is 13.5. The Hall–Kier alpha value is -4.34. The number of thiazole rings is 1. The molecule has 0 bridgehead atoms. The van der Waals surface area contributed by atoms with Crippen molar-refractivity contribution in [2.45, 2.75) is 108 Å². The summed E-state index contributed by atoms with van der Waals surface area (Å²) < 4.78 is 49.7. The number of anilines is 1. The molecule has 1 aliphatic carbocycles. The quantitative estimate of drug-likeness (QED) is 0.0805. The van der Waals surface area contributed by atoms with Gasteiger partial charge in [-0.25, -0.2) is 9.78 Å². The number of rotatable bonds is 18. The topological polar surface area (TPSA) is 183 Å². The Kier molecular flexibility index (Phi) is 18.6. The van der Waals surface area contributed by atoms with E-state index in [1.807, 2.05) is 27.7 Å². The summed E-state index contributed by atoms with van der Waals surface area (Å²) in [5, 5.41) is 28.6. The summed E-state index contributed by atoms with van der Waals surface area (Å²) in [4.78, 5) is 60.0. The predicted octanol–water partition coefficient (Wildman–Crippen LogP) is 6.49. The van der Waals surface area contributed by atoms with Crippen LogP contribution in [0.25, 0.3) is 0 Å². The Morgan fingerprint density at radius 3 is 2.52 bits per heavy atom. The fourth-order valence-electron chi connectivity index (χ4n) is 8.73. The lowest BCUT2D eigenvalue weighted by Crippen LogP contribution is -2.58. The summed E-state index contributed by atoms with van der Waals surface area (Å²) in [5.41, 5.74) is 2.84. The maximum Gasteiger partial charge on any atom is 0.490 e. The van der Waals surface area contributed by atoms with Gasteiger partial charge in [-0.2, -0.15) is 13.2 Å². The number of hydrogen-bond donors (Lipinski definition) is 4. The molecule has 7 rings (SSSR count). The Morgan fingerprint density at radius 1 is 1.05 bits per heavy atom. The number of carboxylic acid groups (broad SMARTS) is 1. The van der Waals surface area contributed by atoms with Crippen LogP contribution >= 0.6 is 22.7 Å². The fraction of sp³-hybridized carbons (Fsp3) is 0.630. The Balaban J connectivity index is 0.000000952. The van der Waals surface area contributed by atoms with Gasteiger partial charge in [-0.05, 0) is 80.1 Å². The molecule has 3 aromatic rings.